The lowest BCUT2D eigenvalue weighted by atomic mass is 9.76. The van der Waals surface area contributed by atoms with Crippen molar-refractivity contribution in [2.24, 2.45) is 11.3 Å². The lowest BCUT2D eigenvalue weighted by Gasteiger charge is -2.40. The maximum Gasteiger partial charge on any atom is 0.253 e. The molecule has 13 heteroatoms. The van der Waals surface area contributed by atoms with Crippen LogP contribution in [0.1, 0.15) is 78.1 Å². The van der Waals surface area contributed by atoms with Crippen molar-refractivity contribution < 1.29 is 19.2 Å². The first-order valence-electron chi connectivity index (χ1n) is 20.9. The summed E-state index contributed by atoms with van der Waals surface area (Å²) in [5, 5.41) is 14.8. The van der Waals surface area contributed by atoms with Crippen LogP contribution < -0.4 is 25.3 Å². The van der Waals surface area contributed by atoms with Crippen molar-refractivity contribution in [1.82, 2.24) is 20.4 Å². The molecule has 12 nitrogen and oxygen atoms in total. The zero-order chi connectivity index (χ0) is 40.4. The molecule has 1 spiro atoms. The topological polar surface area (TPSA) is 132 Å². The van der Waals surface area contributed by atoms with Gasteiger partial charge in [0.1, 0.15) is 12.1 Å². The highest BCUT2D eigenvalue weighted by atomic mass is 35.5. The number of benzene rings is 3. The average Bonchev–Trinajstić information content (AvgIpc) is 3.57. The lowest BCUT2D eigenvalue weighted by Crippen LogP contribution is -2.52. The third-order valence-electron chi connectivity index (χ3n) is 13.3. The molecule has 5 heterocycles. The Morgan fingerprint density at radius 1 is 0.828 bits per heavy atom. The molecule has 2 atom stereocenters. The number of carbonyl (C=O) groups excluding carboxylic acids is 4. The lowest BCUT2D eigenvalue weighted by molar-refractivity contribution is -0.134. The quantitative estimate of drug-likeness (QED) is 0.291. The standard InChI is InChI=1S/C45H53ClN8O4/c1-31-27-45(30-54(31)38-11-6-35(28-47)39(46)26-38)16-20-51(21-17-45)36-9-4-34(5-10-36)44(58)53-18-14-32(15-19-53)29-50-22-24-52(25-23-50)37-7-2-33(3-8-37)42(56)48-40-12-13-41(55)49-43(40)57/h2-11,26,31-32,40H,12-25,27,29-30H2,1H3,(H,48,56)(H,49,55,57)/t31-,40+/m1/s1. The van der Waals surface area contributed by atoms with Gasteiger partial charge in [0.15, 0.2) is 0 Å². The Bertz CT molecular complexity index is 2050. The largest absolute Gasteiger partial charge is 0.371 e. The van der Waals surface area contributed by atoms with E-state index in [2.05, 4.69) is 55.4 Å². The van der Waals surface area contributed by atoms with Gasteiger partial charge < -0.3 is 24.9 Å². The number of rotatable bonds is 8. The molecule has 58 heavy (non-hydrogen) atoms. The number of hydrogen-bond donors (Lipinski definition) is 2. The van der Waals surface area contributed by atoms with Gasteiger partial charge in [0.2, 0.25) is 11.8 Å². The summed E-state index contributed by atoms with van der Waals surface area (Å²) in [6.07, 6.45) is 5.94. The molecule has 0 aromatic heterocycles. The fraction of sp³-hybridized carbons (Fsp3) is 0.489. The van der Waals surface area contributed by atoms with E-state index >= 15 is 0 Å². The molecule has 304 valence electrons. The van der Waals surface area contributed by atoms with Crippen LogP contribution in [0.4, 0.5) is 17.1 Å². The van der Waals surface area contributed by atoms with Gasteiger partial charge in [0.05, 0.1) is 10.6 Å². The number of piperidine rings is 3. The number of carbonyl (C=O) groups is 4. The minimum absolute atomic E-state index is 0.124. The summed E-state index contributed by atoms with van der Waals surface area (Å²) in [6, 6.07) is 23.4. The number of nitrogens with one attached hydrogen (secondary N) is 2. The highest BCUT2D eigenvalue weighted by molar-refractivity contribution is 6.32. The molecular formula is C45H53ClN8O4. The number of amides is 4. The highest BCUT2D eigenvalue weighted by Gasteiger charge is 2.44. The van der Waals surface area contributed by atoms with Crippen molar-refractivity contribution in [2.75, 3.05) is 80.1 Å². The molecule has 2 N–H and O–H groups in total. The predicted molar refractivity (Wildman–Crippen MR) is 225 cm³/mol. The van der Waals surface area contributed by atoms with E-state index in [1.165, 1.54) is 5.69 Å². The van der Waals surface area contributed by atoms with Crippen molar-refractivity contribution in [1.29, 1.82) is 5.26 Å². The van der Waals surface area contributed by atoms with Crippen molar-refractivity contribution in [3.05, 3.63) is 88.4 Å². The van der Waals surface area contributed by atoms with E-state index in [0.717, 1.165) is 114 Å². The fourth-order valence-electron chi connectivity index (χ4n) is 9.81. The van der Waals surface area contributed by atoms with Crippen molar-refractivity contribution in [3.63, 3.8) is 0 Å². The van der Waals surface area contributed by atoms with Gasteiger partial charge >= 0.3 is 0 Å². The number of piperazine rings is 1. The Hall–Kier alpha value is -5.12. The minimum Gasteiger partial charge on any atom is -0.371 e. The summed E-state index contributed by atoms with van der Waals surface area (Å²) in [5.41, 5.74) is 5.37. The molecule has 0 unspecified atom stereocenters. The third-order valence-corrected chi connectivity index (χ3v) is 13.6. The van der Waals surface area contributed by atoms with Crippen LogP contribution >= 0.6 is 11.6 Å². The average molecular weight is 805 g/mol. The van der Waals surface area contributed by atoms with Crippen molar-refractivity contribution in [2.45, 2.75) is 64.0 Å². The Kier molecular flexibility index (Phi) is 11.6. The second-order valence-corrected chi connectivity index (χ2v) is 17.4. The molecular weight excluding hydrogens is 752 g/mol. The highest BCUT2D eigenvalue weighted by Crippen LogP contribution is 2.46. The number of nitrogens with zero attached hydrogens (tertiary/aromatic N) is 6. The second-order valence-electron chi connectivity index (χ2n) is 17.0. The van der Waals surface area contributed by atoms with Crippen LogP contribution in [0.15, 0.2) is 66.7 Å². The summed E-state index contributed by atoms with van der Waals surface area (Å²) in [6.45, 7) is 11.6. The van der Waals surface area contributed by atoms with Crippen LogP contribution in [0.25, 0.3) is 0 Å². The van der Waals surface area contributed by atoms with E-state index < -0.39 is 11.9 Å². The maximum absolute atomic E-state index is 13.6. The number of hydrogen-bond acceptors (Lipinski definition) is 9. The SMILES string of the molecule is C[C@@H]1CC2(CCN(c3ccc(C(=O)N4CCC(CN5CCN(c6ccc(C(=O)N[C@H]7CCC(=O)NC7=O)cc6)CC5)CC4)cc3)CC2)CN1c1ccc(C#N)c(Cl)c1. The van der Waals surface area contributed by atoms with Crippen LogP contribution in [-0.2, 0) is 9.59 Å². The Morgan fingerprint density at radius 3 is 2.07 bits per heavy atom. The molecule has 5 saturated heterocycles. The molecule has 0 bridgehead atoms. The third kappa shape index (κ3) is 8.66. The molecule has 5 aliphatic heterocycles. The summed E-state index contributed by atoms with van der Waals surface area (Å²) >= 11 is 6.38. The van der Waals surface area contributed by atoms with E-state index in [1.807, 2.05) is 47.4 Å². The van der Waals surface area contributed by atoms with Gasteiger partial charge in [-0.05, 0) is 124 Å². The summed E-state index contributed by atoms with van der Waals surface area (Å²) in [7, 11) is 0. The Balaban J connectivity index is 0.749. The van der Waals surface area contributed by atoms with Gasteiger partial charge in [0.25, 0.3) is 11.8 Å². The van der Waals surface area contributed by atoms with E-state index in [1.54, 1.807) is 12.1 Å². The minimum atomic E-state index is -0.692. The predicted octanol–water partition coefficient (Wildman–Crippen LogP) is 5.31. The first-order chi connectivity index (χ1) is 28.1. The zero-order valence-corrected chi connectivity index (χ0v) is 34.1. The number of imide groups is 1. The van der Waals surface area contributed by atoms with Gasteiger partial charge in [-0.25, -0.2) is 0 Å². The molecule has 3 aromatic rings. The van der Waals surface area contributed by atoms with Crippen LogP contribution in [-0.4, -0.2) is 111 Å². The molecule has 8 rings (SSSR count). The first kappa shape index (κ1) is 39.7. The molecule has 5 aliphatic rings. The number of nitriles is 1. The zero-order valence-electron chi connectivity index (χ0n) is 33.3. The van der Waals surface area contributed by atoms with Gasteiger partial charge in [-0.3, -0.25) is 29.4 Å². The van der Waals surface area contributed by atoms with Gasteiger partial charge in [0, 0.05) is 106 Å². The van der Waals surface area contributed by atoms with E-state index in [9.17, 15) is 24.4 Å². The summed E-state index contributed by atoms with van der Waals surface area (Å²) in [5.74, 6) is -0.388. The van der Waals surface area contributed by atoms with E-state index in [4.69, 9.17) is 11.6 Å². The number of halogens is 1. The molecule has 0 aliphatic carbocycles. The summed E-state index contributed by atoms with van der Waals surface area (Å²) in [4.78, 5) is 61.5. The maximum atomic E-state index is 13.6. The second kappa shape index (κ2) is 17.0. The fourth-order valence-corrected chi connectivity index (χ4v) is 10.0. The van der Waals surface area contributed by atoms with Crippen LogP contribution in [0.2, 0.25) is 5.02 Å². The molecule has 4 amide bonds. The van der Waals surface area contributed by atoms with Crippen LogP contribution in [0, 0.1) is 22.7 Å². The van der Waals surface area contributed by atoms with Crippen LogP contribution in [0.3, 0.4) is 0 Å². The molecule has 0 saturated carbocycles. The van der Waals surface area contributed by atoms with Gasteiger partial charge in [-0.2, -0.15) is 5.26 Å². The van der Waals surface area contributed by atoms with E-state index in [-0.39, 0.29) is 29.6 Å². The van der Waals surface area contributed by atoms with Crippen molar-refractivity contribution in [3.8, 4) is 6.07 Å². The van der Waals surface area contributed by atoms with Gasteiger partial charge in [-0.1, -0.05) is 11.6 Å². The van der Waals surface area contributed by atoms with Gasteiger partial charge in [-0.15, -0.1) is 0 Å². The molecule has 0 radical (unpaired) electrons. The monoisotopic (exact) mass is 804 g/mol. The van der Waals surface area contributed by atoms with E-state index in [0.29, 0.717) is 34.5 Å². The molecule has 3 aromatic carbocycles. The van der Waals surface area contributed by atoms with Crippen LogP contribution in [0.5, 0.6) is 0 Å². The Morgan fingerprint density at radius 2 is 1.45 bits per heavy atom. The normalized spacial score (nSPS) is 22.8. The Labute approximate surface area is 346 Å². The summed E-state index contributed by atoms with van der Waals surface area (Å²) < 4.78 is 0. The smallest absolute Gasteiger partial charge is 0.253 e. The van der Waals surface area contributed by atoms with Crippen molar-refractivity contribution >= 4 is 52.3 Å². The number of likely N-dealkylation sites (tertiary alicyclic amines) is 1. The first-order valence-corrected chi connectivity index (χ1v) is 21.3. The molecule has 5 fully saturated rings. The number of anilines is 3.